The van der Waals surface area contributed by atoms with Gasteiger partial charge in [-0.2, -0.15) is 0 Å². The van der Waals surface area contributed by atoms with E-state index in [9.17, 15) is 4.79 Å². The zero-order chi connectivity index (χ0) is 10.1. The lowest BCUT2D eigenvalue weighted by Crippen LogP contribution is -2.16. The van der Waals surface area contributed by atoms with Gasteiger partial charge in [-0.3, -0.25) is 4.79 Å². The Kier molecular flexibility index (Phi) is 7.76. The summed E-state index contributed by atoms with van der Waals surface area (Å²) in [6.07, 6.45) is 7.78. The second-order valence-corrected chi connectivity index (χ2v) is 3.82. The van der Waals surface area contributed by atoms with E-state index in [4.69, 9.17) is 5.73 Å². The molecule has 0 aromatic carbocycles. The Morgan fingerprint density at radius 2 is 1.62 bits per heavy atom. The second-order valence-electron chi connectivity index (χ2n) is 3.82. The van der Waals surface area contributed by atoms with Crippen molar-refractivity contribution in [3.8, 4) is 0 Å². The van der Waals surface area contributed by atoms with Crippen molar-refractivity contribution in [1.82, 2.24) is 0 Å². The van der Waals surface area contributed by atoms with Crippen LogP contribution in [-0.4, -0.2) is 5.91 Å². The van der Waals surface area contributed by atoms with Crippen LogP contribution in [0.5, 0.6) is 0 Å². The van der Waals surface area contributed by atoms with E-state index in [0.717, 1.165) is 0 Å². The van der Waals surface area contributed by atoms with Crippen molar-refractivity contribution < 1.29 is 4.79 Å². The van der Waals surface area contributed by atoms with E-state index in [2.05, 4.69) is 13.8 Å². The van der Waals surface area contributed by atoms with Gasteiger partial charge in [0.15, 0.2) is 0 Å². The highest BCUT2D eigenvalue weighted by Crippen LogP contribution is 2.19. The standard InChI is InChI=1S/C11H23NO/c1-3-5-7-10(8-6-4-2)9-11(12)13/h10H,3-9H2,1-2H3,(H2,12,13). The van der Waals surface area contributed by atoms with Gasteiger partial charge in [0.1, 0.15) is 0 Å². The van der Waals surface area contributed by atoms with Crippen LogP contribution in [0.2, 0.25) is 0 Å². The zero-order valence-electron chi connectivity index (χ0n) is 9.01. The van der Waals surface area contributed by atoms with E-state index in [0.29, 0.717) is 12.3 Å². The molecule has 2 N–H and O–H groups in total. The van der Waals surface area contributed by atoms with Crippen LogP contribution in [0.1, 0.15) is 58.8 Å². The lowest BCUT2D eigenvalue weighted by Gasteiger charge is -2.13. The fourth-order valence-corrected chi connectivity index (χ4v) is 1.62. The molecule has 0 radical (unpaired) electrons. The Hall–Kier alpha value is -0.530. The van der Waals surface area contributed by atoms with Gasteiger partial charge in [-0.05, 0) is 18.8 Å². The third-order valence-electron chi connectivity index (χ3n) is 2.42. The van der Waals surface area contributed by atoms with Gasteiger partial charge in [0.2, 0.25) is 5.91 Å². The smallest absolute Gasteiger partial charge is 0.217 e. The summed E-state index contributed by atoms with van der Waals surface area (Å²) in [6, 6.07) is 0. The van der Waals surface area contributed by atoms with Crippen molar-refractivity contribution in [3.63, 3.8) is 0 Å². The predicted molar refractivity (Wildman–Crippen MR) is 56.4 cm³/mol. The maximum atomic E-state index is 10.8. The first-order valence-corrected chi connectivity index (χ1v) is 5.49. The number of unbranched alkanes of at least 4 members (excludes halogenated alkanes) is 2. The van der Waals surface area contributed by atoms with E-state index in [1.807, 2.05) is 0 Å². The number of rotatable bonds is 8. The van der Waals surface area contributed by atoms with Crippen molar-refractivity contribution in [1.29, 1.82) is 0 Å². The molecule has 0 unspecified atom stereocenters. The molecular formula is C11H23NO. The van der Waals surface area contributed by atoms with Crippen LogP contribution in [0.3, 0.4) is 0 Å². The first kappa shape index (κ1) is 12.5. The van der Waals surface area contributed by atoms with Crippen molar-refractivity contribution >= 4 is 5.91 Å². The molecule has 0 saturated heterocycles. The number of amides is 1. The van der Waals surface area contributed by atoms with Crippen molar-refractivity contribution in [2.45, 2.75) is 58.8 Å². The normalized spacial score (nSPS) is 10.7. The number of carbonyl (C=O) groups is 1. The molecule has 0 heterocycles. The Morgan fingerprint density at radius 1 is 1.15 bits per heavy atom. The highest BCUT2D eigenvalue weighted by molar-refractivity contribution is 5.73. The Balaban J connectivity index is 3.66. The van der Waals surface area contributed by atoms with Crippen LogP contribution >= 0.6 is 0 Å². The second kappa shape index (κ2) is 8.09. The molecule has 0 aromatic rings. The van der Waals surface area contributed by atoms with Crippen LogP contribution in [0, 0.1) is 5.92 Å². The summed E-state index contributed by atoms with van der Waals surface area (Å²) in [6.45, 7) is 4.36. The molecule has 2 nitrogen and oxygen atoms in total. The minimum Gasteiger partial charge on any atom is -0.370 e. The summed E-state index contributed by atoms with van der Waals surface area (Å²) >= 11 is 0. The average Bonchev–Trinajstić information content (AvgIpc) is 2.09. The van der Waals surface area contributed by atoms with Crippen LogP contribution in [0.15, 0.2) is 0 Å². The van der Waals surface area contributed by atoms with Gasteiger partial charge < -0.3 is 5.73 Å². The van der Waals surface area contributed by atoms with Crippen LogP contribution in [-0.2, 0) is 4.79 Å². The van der Waals surface area contributed by atoms with E-state index >= 15 is 0 Å². The monoisotopic (exact) mass is 185 g/mol. The molecule has 78 valence electrons. The van der Waals surface area contributed by atoms with E-state index in [1.165, 1.54) is 38.5 Å². The van der Waals surface area contributed by atoms with Crippen LogP contribution < -0.4 is 5.73 Å². The van der Waals surface area contributed by atoms with Crippen molar-refractivity contribution in [2.24, 2.45) is 11.7 Å². The topological polar surface area (TPSA) is 43.1 Å². The van der Waals surface area contributed by atoms with E-state index in [1.54, 1.807) is 0 Å². The van der Waals surface area contributed by atoms with Gasteiger partial charge in [-0.15, -0.1) is 0 Å². The summed E-state index contributed by atoms with van der Waals surface area (Å²) < 4.78 is 0. The summed E-state index contributed by atoms with van der Waals surface area (Å²) in [5.74, 6) is 0.398. The fraction of sp³-hybridized carbons (Fsp3) is 0.909. The molecular weight excluding hydrogens is 162 g/mol. The predicted octanol–water partition coefficient (Wildman–Crippen LogP) is 2.86. The molecule has 0 spiro atoms. The molecule has 0 bridgehead atoms. The first-order valence-electron chi connectivity index (χ1n) is 5.49. The van der Waals surface area contributed by atoms with E-state index in [-0.39, 0.29) is 5.91 Å². The van der Waals surface area contributed by atoms with Gasteiger partial charge in [0, 0.05) is 6.42 Å². The van der Waals surface area contributed by atoms with E-state index < -0.39 is 0 Å². The van der Waals surface area contributed by atoms with Crippen molar-refractivity contribution in [3.05, 3.63) is 0 Å². The Bertz CT molecular complexity index is 126. The maximum Gasteiger partial charge on any atom is 0.217 e. The molecule has 0 fully saturated rings. The van der Waals surface area contributed by atoms with Gasteiger partial charge >= 0.3 is 0 Å². The van der Waals surface area contributed by atoms with Crippen molar-refractivity contribution in [2.75, 3.05) is 0 Å². The maximum absolute atomic E-state index is 10.8. The molecule has 13 heavy (non-hydrogen) atoms. The fourth-order valence-electron chi connectivity index (χ4n) is 1.62. The SMILES string of the molecule is CCCCC(CCCC)CC(N)=O. The number of primary amides is 1. The minimum absolute atomic E-state index is 0.141. The van der Waals surface area contributed by atoms with Gasteiger partial charge in [-0.1, -0.05) is 39.5 Å². The quantitative estimate of drug-likeness (QED) is 0.621. The largest absolute Gasteiger partial charge is 0.370 e. The minimum atomic E-state index is -0.141. The summed E-state index contributed by atoms with van der Waals surface area (Å²) in [4.78, 5) is 10.8. The molecule has 0 aromatic heterocycles. The summed E-state index contributed by atoms with van der Waals surface area (Å²) in [5.41, 5.74) is 5.20. The Morgan fingerprint density at radius 3 is 1.92 bits per heavy atom. The third kappa shape index (κ3) is 7.82. The number of hydrogen-bond donors (Lipinski definition) is 1. The van der Waals surface area contributed by atoms with Gasteiger partial charge in [-0.25, -0.2) is 0 Å². The lowest BCUT2D eigenvalue weighted by atomic mass is 9.93. The average molecular weight is 185 g/mol. The summed E-state index contributed by atoms with van der Waals surface area (Å²) in [5, 5.41) is 0. The number of carbonyl (C=O) groups excluding carboxylic acids is 1. The molecule has 0 aliphatic carbocycles. The van der Waals surface area contributed by atoms with Crippen LogP contribution in [0.25, 0.3) is 0 Å². The molecule has 0 aliphatic heterocycles. The van der Waals surface area contributed by atoms with Crippen LogP contribution in [0.4, 0.5) is 0 Å². The third-order valence-corrected chi connectivity index (χ3v) is 2.42. The van der Waals surface area contributed by atoms with Gasteiger partial charge in [0.05, 0.1) is 0 Å². The first-order chi connectivity index (χ1) is 6.20. The molecule has 0 aliphatic rings. The summed E-state index contributed by atoms with van der Waals surface area (Å²) in [7, 11) is 0. The molecule has 0 atom stereocenters. The highest BCUT2D eigenvalue weighted by Gasteiger charge is 2.10. The Labute approximate surface area is 81.9 Å². The zero-order valence-corrected chi connectivity index (χ0v) is 9.01. The van der Waals surface area contributed by atoms with Gasteiger partial charge in [0.25, 0.3) is 0 Å². The number of nitrogens with two attached hydrogens (primary N) is 1. The number of hydrogen-bond acceptors (Lipinski definition) is 1. The highest BCUT2D eigenvalue weighted by atomic mass is 16.1. The molecule has 0 rings (SSSR count). The molecule has 0 saturated carbocycles. The lowest BCUT2D eigenvalue weighted by molar-refractivity contribution is -0.119. The molecule has 1 amide bonds. The molecule has 2 heteroatoms.